The highest BCUT2D eigenvalue weighted by Crippen LogP contribution is 2.01. The van der Waals surface area contributed by atoms with E-state index in [-0.39, 0.29) is 5.91 Å². The Morgan fingerprint density at radius 3 is 2.92 bits per heavy atom. The van der Waals surface area contributed by atoms with Crippen molar-refractivity contribution in [3.05, 3.63) is 23.9 Å². The number of aryl methyl sites for hydroxylation is 1. The molecule has 1 aromatic heterocycles. The maximum Gasteiger partial charge on any atom is 0.321 e. The molecule has 1 rings (SSSR count). The van der Waals surface area contributed by atoms with Crippen molar-refractivity contribution >= 4 is 11.7 Å². The third-order valence-electron chi connectivity index (χ3n) is 1.39. The molecule has 4 heteroatoms. The van der Waals surface area contributed by atoms with E-state index < -0.39 is 0 Å². The van der Waals surface area contributed by atoms with E-state index in [1.807, 2.05) is 6.92 Å². The molecule has 0 fully saturated rings. The van der Waals surface area contributed by atoms with Crippen molar-refractivity contribution in [3.8, 4) is 0 Å². The topological polar surface area (TPSA) is 53.2 Å². The maximum absolute atomic E-state index is 10.6. The smallest absolute Gasteiger partial charge is 0.321 e. The molecule has 0 atom stereocenters. The van der Waals surface area contributed by atoms with Gasteiger partial charge in [-0.05, 0) is 18.6 Å². The highest BCUT2D eigenvalue weighted by molar-refractivity contribution is 5.86. The summed E-state index contributed by atoms with van der Waals surface area (Å²) in [5, 5.41) is 11.7. The van der Waals surface area contributed by atoms with E-state index in [0.717, 1.165) is 10.3 Å². The Morgan fingerprint density at radius 1 is 1.67 bits per heavy atom. The first-order valence-electron chi connectivity index (χ1n) is 3.59. The number of aromatic nitrogens is 1. The second-order valence-corrected chi connectivity index (χ2v) is 2.62. The fourth-order valence-corrected chi connectivity index (χ4v) is 0.872. The molecular weight excluding hydrogens is 156 g/mol. The molecule has 0 bridgehead atoms. The SMILES string of the molecule is CC(=O)Nc1cc(C)cc[n+]1O. The van der Waals surface area contributed by atoms with Crippen molar-refractivity contribution in [2.45, 2.75) is 13.8 Å². The number of rotatable bonds is 1. The molecule has 4 nitrogen and oxygen atoms in total. The van der Waals surface area contributed by atoms with Gasteiger partial charge in [-0.2, -0.15) is 0 Å². The standard InChI is InChI=1S/C8H10N2O2/c1-6-3-4-10(12)8(5-6)9-7(2)11/h3-5,12H,1-2H3/p+1. The van der Waals surface area contributed by atoms with E-state index in [0.29, 0.717) is 5.82 Å². The summed E-state index contributed by atoms with van der Waals surface area (Å²) in [6, 6.07) is 3.42. The van der Waals surface area contributed by atoms with Gasteiger partial charge < -0.3 is 5.21 Å². The van der Waals surface area contributed by atoms with Crippen LogP contribution >= 0.6 is 0 Å². The average molecular weight is 167 g/mol. The van der Waals surface area contributed by atoms with Crippen LogP contribution in [0.15, 0.2) is 18.3 Å². The van der Waals surface area contributed by atoms with Gasteiger partial charge >= 0.3 is 11.7 Å². The fourth-order valence-electron chi connectivity index (χ4n) is 0.872. The summed E-state index contributed by atoms with van der Waals surface area (Å²) in [4.78, 5) is 10.6. The van der Waals surface area contributed by atoms with Crippen molar-refractivity contribution in [1.29, 1.82) is 0 Å². The lowest BCUT2D eigenvalue weighted by Gasteiger charge is -1.97. The van der Waals surface area contributed by atoms with Crippen LogP contribution in [0.1, 0.15) is 12.5 Å². The molecule has 0 saturated carbocycles. The van der Waals surface area contributed by atoms with Gasteiger partial charge in [-0.25, -0.2) is 10.1 Å². The summed E-state index contributed by atoms with van der Waals surface area (Å²) >= 11 is 0. The molecule has 0 spiro atoms. The summed E-state index contributed by atoms with van der Waals surface area (Å²) < 4.78 is 0.869. The minimum atomic E-state index is -0.205. The first kappa shape index (κ1) is 8.52. The van der Waals surface area contributed by atoms with Crippen LogP contribution in [0.25, 0.3) is 0 Å². The summed E-state index contributed by atoms with van der Waals surface area (Å²) in [5.41, 5.74) is 0.976. The van der Waals surface area contributed by atoms with Crippen LogP contribution in [0, 0.1) is 6.92 Å². The van der Waals surface area contributed by atoms with Crippen LogP contribution in [-0.4, -0.2) is 11.1 Å². The van der Waals surface area contributed by atoms with Crippen LogP contribution in [0.4, 0.5) is 5.82 Å². The lowest BCUT2D eigenvalue weighted by atomic mass is 10.3. The van der Waals surface area contributed by atoms with Crippen molar-refractivity contribution in [1.82, 2.24) is 0 Å². The molecule has 0 aliphatic carbocycles. The zero-order chi connectivity index (χ0) is 9.14. The molecule has 1 aromatic rings. The highest BCUT2D eigenvalue weighted by Gasteiger charge is 2.09. The van der Waals surface area contributed by atoms with Crippen molar-refractivity contribution in [2.75, 3.05) is 5.32 Å². The molecule has 12 heavy (non-hydrogen) atoms. The number of anilines is 1. The Balaban J connectivity index is 2.97. The fraction of sp³-hybridized carbons (Fsp3) is 0.250. The van der Waals surface area contributed by atoms with Crippen LogP contribution in [0.5, 0.6) is 0 Å². The van der Waals surface area contributed by atoms with Gasteiger partial charge in [0.05, 0.1) is 0 Å². The Kier molecular flexibility index (Phi) is 2.28. The molecular formula is C8H11N2O2+. The Hall–Kier alpha value is -1.58. The highest BCUT2D eigenvalue weighted by atomic mass is 16.5. The van der Waals surface area contributed by atoms with Crippen LogP contribution in [-0.2, 0) is 4.79 Å². The number of hydrogen-bond acceptors (Lipinski definition) is 2. The molecule has 1 heterocycles. The monoisotopic (exact) mass is 167 g/mol. The second-order valence-electron chi connectivity index (χ2n) is 2.62. The Labute approximate surface area is 70.4 Å². The Morgan fingerprint density at radius 2 is 2.33 bits per heavy atom. The molecule has 0 radical (unpaired) electrons. The van der Waals surface area contributed by atoms with E-state index in [1.165, 1.54) is 13.1 Å². The minimum absolute atomic E-state index is 0.205. The quantitative estimate of drug-likeness (QED) is 0.472. The number of amides is 1. The molecule has 0 saturated heterocycles. The third-order valence-corrected chi connectivity index (χ3v) is 1.39. The normalized spacial score (nSPS) is 9.50. The van der Waals surface area contributed by atoms with Crippen molar-refractivity contribution < 1.29 is 14.7 Å². The first-order chi connectivity index (χ1) is 5.59. The van der Waals surface area contributed by atoms with Crippen LogP contribution < -0.4 is 10.0 Å². The molecule has 0 aliphatic heterocycles. The van der Waals surface area contributed by atoms with Crippen LogP contribution in [0.2, 0.25) is 0 Å². The molecule has 0 aromatic carbocycles. The number of pyridine rings is 1. The van der Waals surface area contributed by atoms with Gasteiger partial charge in [-0.1, -0.05) is 4.73 Å². The summed E-state index contributed by atoms with van der Waals surface area (Å²) in [6.07, 6.45) is 1.47. The molecule has 0 aliphatic rings. The summed E-state index contributed by atoms with van der Waals surface area (Å²) in [7, 11) is 0. The number of carbonyl (C=O) groups is 1. The van der Waals surface area contributed by atoms with E-state index in [1.54, 1.807) is 12.1 Å². The number of nitrogens with one attached hydrogen (secondary N) is 1. The predicted octanol–water partition coefficient (Wildman–Crippen LogP) is 0.478. The molecule has 2 N–H and O–H groups in total. The van der Waals surface area contributed by atoms with Crippen LogP contribution in [0.3, 0.4) is 0 Å². The first-order valence-corrected chi connectivity index (χ1v) is 3.59. The zero-order valence-electron chi connectivity index (χ0n) is 7.03. The Bertz CT molecular complexity index is 310. The summed E-state index contributed by atoms with van der Waals surface area (Å²) in [6.45, 7) is 3.27. The molecule has 1 amide bonds. The van der Waals surface area contributed by atoms with Gasteiger partial charge in [0, 0.05) is 13.0 Å². The van der Waals surface area contributed by atoms with Crippen molar-refractivity contribution in [2.24, 2.45) is 0 Å². The van der Waals surface area contributed by atoms with E-state index >= 15 is 0 Å². The van der Waals surface area contributed by atoms with Gasteiger partial charge in [-0.15, -0.1) is 0 Å². The predicted molar refractivity (Wildman–Crippen MR) is 42.9 cm³/mol. The lowest BCUT2D eigenvalue weighted by Crippen LogP contribution is -2.34. The minimum Gasteiger partial charge on any atom is -0.350 e. The summed E-state index contributed by atoms with van der Waals surface area (Å²) in [5.74, 6) is 0.172. The zero-order valence-corrected chi connectivity index (χ0v) is 7.03. The molecule has 64 valence electrons. The van der Waals surface area contributed by atoms with E-state index in [4.69, 9.17) is 0 Å². The van der Waals surface area contributed by atoms with Crippen molar-refractivity contribution in [3.63, 3.8) is 0 Å². The average Bonchev–Trinajstić information content (AvgIpc) is 1.96. The van der Waals surface area contributed by atoms with Gasteiger partial charge in [0.1, 0.15) is 6.20 Å². The van der Waals surface area contributed by atoms with Gasteiger partial charge in [0.25, 0.3) is 0 Å². The number of nitrogens with zero attached hydrogens (tertiary/aromatic N) is 1. The molecule has 0 unspecified atom stereocenters. The van der Waals surface area contributed by atoms with Gasteiger partial charge in [0.2, 0.25) is 0 Å². The maximum atomic E-state index is 10.6. The second kappa shape index (κ2) is 3.21. The lowest BCUT2D eigenvalue weighted by molar-refractivity contribution is -0.893. The van der Waals surface area contributed by atoms with E-state index in [9.17, 15) is 10.0 Å². The number of carbonyl (C=O) groups excluding carboxylic acids is 1. The van der Waals surface area contributed by atoms with E-state index in [2.05, 4.69) is 5.32 Å². The number of hydrogen-bond donors (Lipinski definition) is 2. The van der Waals surface area contributed by atoms with Gasteiger partial charge in [0.15, 0.2) is 0 Å². The van der Waals surface area contributed by atoms with Gasteiger partial charge in [-0.3, -0.25) is 0 Å². The largest absolute Gasteiger partial charge is 0.350 e. The third kappa shape index (κ3) is 1.95.